The molecular weight excluding hydrogens is 384 g/mol. The third-order valence-electron chi connectivity index (χ3n) is 4.40. The number of imidazole rings is 1. The van der Waals surface area contributed by atoms with Gasteiger partial charge in [0.15, 0.2) is 5.15 Å². The maximum absolute atomic E-state index is 11.5. The maximum atomic E-state index is 11.5. The molecule has 0 saturated carbocycles. The van der Waals surface area contributed by atoms with E-state index in [4.69, 9.17) is 11.6 Å². The van der Waals surface area contributed by atoms with Crippen molar-refractivity contribution in [2.75, 3.05) is 0 Å². The molecule has 0 amide bonds. The van der Waals surface area contributed by atoms with Gasteiger partial charge in [-0.05, 0) is 24.6 Å². The van der Waals surface area contributed by atoms with Gasteiger partial charge >= 0.3 is 5.97 Å². The monoisotopic (exact) mass is 404 g/mol. The van der Waals surface area contributed by atoms with Crippen LogP contribution >= 0.6 is 22.9 Å². The number of aryl methyl sites for hydroxylation is 1. The molecule has 0 spiro atoms. The average Bonchev–Trinajstić information content (AvgIpc) is 3.24. The summed E-state index contributed by atoms with van der Waals surface area (Å²) in [5, 5.41) is 19.4. The number of unbranched alkanes of at least 4 members (excludes halogenated alkanes) is 1. The second-order valence-electron chi connectivity index (χ2n) is 6.23. The zero-order valence-corrected chi connectivity index (χ0v) is 16.6. The van der Waals surface area contributed by atoms with Crippen molar-refractivity contribution in [3.05, 3.63) is 63.5 Å². The first kappa shape index (κ1) is 19.6. The molecule has 0 radical (unpaired) electrons. The number of aliphatic hydroxyl groups is 1. The van der Waals surface area contributed by atoms with Gasteiger partial charge in [0.2, 0.25) is 0 Å². The van der Waals surface area contributed by atoms with Crippen LogP contribution in [0.4, 0.5) is 0 Å². The molecule has 0 aliphatic carbocycles. The topological polar surface area (TPSA) is 75.4 Å². The van der Waals surface area contributed by atoms with E-state index in [2.05, 4.69) is 11.9 Å². The molecule has 27 heavy (non-hydrogen) atoms. The molecule has 0 fully saturated rings. The van der Waals surface area contributed by atoms with E-state index in [1.54, 1.807) is 12.1 Å². The minimum absolute atomic E-state index is 0.169. The highest BCUT2D eigenvalue weighted by molar-refractivity contribution is 7.15. The van der Waals surface area contributed by atoms with E-state index in [9.17, 15) is 15.0 Å². The molecule has 0 aliphatic heterocycles. The van der Waals surface area contributed by atoms with Crippen LogP contribution in [0, 0.1) is 0 Å². The fourth-order valence-electron chi connectivity index (χ4n) is 3.02. The largest absolute Gasteiger partial charge is 0.478 e. The normalized spacial score (nSPS) is 11.1. The quantitative estimate of drug-likeness (QED) is 0.563. The smallest absolute Gasteiger partial charge is 0.336 e. The Kier molecular flexibility index (Phi) is 6.31. The summed E-state index contributed by atoms with van der Waals surface area (Å²) < 4.78 is 1.97. The molecule has 3 rings (SSSR count). The molecule has 2 N–H and O–H groups in total. The molecule has 3 aromatic rings. The first-order valence-corrected chi connectivity index (χ1v) is 10.0. The molecule has 2 aromatic heterocycles. The van der Waals surface area contributed by atoms with E-state index < -0.39 is 5.97 Å². The zero-order valence-electron chi connectivity index (χ0n) is 15.0. The van der Waals surface area contributed by atoms with Gasteiger partial charge in [-0.15, -0.1) is 11.3 Å². The number of halogens is 1. The molecule has 0 bridgehead atoms. The highest BCUT2D eigenvalue weighted by Crippen LogP contribution is 2.32. The minimum Gasteiger partial charge on any atom is -0.478 e. The number of aliphatic hydroxyl groups excluding tert-OH is 1. The Morgan fingerprint density at radius 1 is 1.26 bits per heavy atom. The molecule has 2 heterocycles. The van der Waals surface area contributed by atoms with E-state index in [-0.39, 0.29) is 12.2 Å². The lowest BCUT2D eigenvalue weighted by molar-refractivity contribution is 0.0697. The van der Waals surface area contributed by atoms with E-state index in [0.29, 0.717) is 23.0 Å². The Hall–Kier alpha value is -2.15. The first-order chi connectivity index (χ1) is 13.0. The number of rotatable bonds is 8. The van der Waals surface area contributed by atoms with Crippen LogP contribution in [-0.2, 0) is 19.6 Å². The number of carbonyl (C=O) groups is 1. The Labute approximate surface area is 166 Å². The van der Waals surface area contributed by atoms with Gasteiger partial charge in [-0.2, -0.15) is 0 Å². The summed E-state index contributed by atoms with van der Waals surface area (Å²) in [5.74, 6) is -0.0712. The van der Waals surface area contributed by atoms with Gasteiger partial charge in [-0.25, -0.2) is 9.78 Å². The summed E-state index contributed by atoms with van der Waals surface area (Å²) in [4.78, 5) is 17.8. The van der Waals surface area contributed by atoms with Crippen molar-refractivity contribution < 1.29 is 15.0 Å². The third kappa shape index (κ3) is 4.24. The van der Waals surface area contributed by atoms with Crippen molar-refractivity contribution in [1.82, 2.24) is 9.55 Å². The lowest BCUT2D eigenvalue weighted by Gasteiger charge is -2.09. The number of aromatic nitrogens is 2. The van der Waals surface area contributed by atoms with E-state index in [1.165, 1.54) is 11.3 Å². The fraction of sp³-hybridized carbons (Fsp3) is 0.300. The fourth-order valence-corrected chi connectivity index (χ4v) is 4.31. The predicted molar refractivity (Wildman–Crippen MR) is 108 cm³/mol. The van der Waals surface area contributed by atoms with Crippen molar-refractivity contribution in [2.45, 2.75) is 39.3 Å². The summed E-state index contributed by atoms with van der Waals surface area (Å²) in [7, 11) is 0. The maximum Gasteiger partial charge on any atom is 0.336 e. The lowest BCUT2D eigenvalue weighted by Crippen LogP contribution is -2.08. The summed E-state index contributed by atoms with van der Waals surface area (Å²) in [6.45, 7) is 2.50. The van der Waals surface area contributed by atoms with Crippen LogP contribution in [0.25, 0.3) is 10.4 Å². The standard InChI is InChI=1S/C20H21ClN2O3S/c1-2-3-8-18-22-19(21)16(12-24)23(18)11-13-9-10-17(27-13)14-6-4-5-7-15(14)20(25)26/h4-7,9-10,24H,2-3,8,11-12H2,1H3,(H,25,26). The van der Waals surface area contributed by atoms with Gasteiger partial charge in [0.1, 0.15) is 5.82 Å². The number of nitrogens with zero attached hydrogens (tertiary/aromatic N) is 2. The van der Waals surface area contributed by atoms with Crippen molar-refractivity contribution in [3.63, 3.8) is 0 Å². The summed E-state index contributed by atoms with van der Waals surface area (Å²) in [5.41, 5.74) is 1.61. The SMILES string of the molecule is CCCCc1nc(Cl)c(CO)n1Cc1ccc(-c2ccccc2C(=O)O)s1. The molecule has 1 aromatic carbocycles. The second kappa shape index (κ2) is 8.69. The van der Waals surface area contributed by atoms with E-state index >= 15 is 0 Å². The molecule has 142 valence electrons. The first-order valence-electron chi connectivity index (χ1n) is 8.81. The zero-order chi connectivity index (χ0) is 19.4. The van der Waals surface area contributed by atoms with Crippen LogP contribution in [-0.4, -0.2) is 25.7 Å². The molecule has 0 aliphatic rings. The second-order valence-corrected chi connectivity index (χ2v) is 7.76. The van der Waals surface area contributed by atoms with E-state index in [0.717, 1.165) is 34.8 Å². The van der Waals surface area contributed by atoms with Gasteiger partial charge in [0, 0.05) is 21.7 Å². The Morgan fingerprint density at radius 2 is 2.04 bits per heavy atom. The Balaban J connectivity index is 1.92. The number of carboxylic acid groups (broad SMARTS) is 1. The van der Waals surface area contributed by atoms with Crippen LogP contribution in [0.15, 0.2) is 36.4 Å². The average molecular weight is 405 g/mol. The van der Waals surface area contributed by atoms with Crippen molar-refractivity contribution in [2.24, 2.45) is 0 Å². The minimum atomic E-state index is -0.939. The van der Waals surface area contributed by atoms with Crippen LogP contribution in [0.1, 0.15) is 46.5 Å². The molecule has 0 unspecified atom stereocenters. The number of aromatic carboxylic acids is 1. The molecule has 7 heteroatoms. The van der Waals surface area contributed by atoms with Crippen molar-refractivity contribution in [3.8, 4) is 10.4 Å². The number of thiophene rings is 1. The van der Waals surface area contributed by atoms with Gasteiger partial charge in [0.05, 0.1) is 24.4 Å². The Bertz CT molecular complexity index is 949. The molecule has 0 atom stereocenters. The van der Waals surface area contributed by atoms with E-state index in [1.807, 2.05) is 28.8 Å². The number of carboxylic acids is 1. The predicted octanol–water partition coefficient (Wildman–Crippen LogP) is 4.85. The number of hydrogen-bond donors (Lipinski definition) is 2. The molecular formula is C20H21ClN2O3S. The van der Waals surface area contributed by atoms with Crippen molar-refractivity contribution in [1.29, 1.82) is 0 Å². The number of hydrogen-bond acceptors (Lipinski definition) is 4. The number of benzene rings is 1. The summed E-state index contributed by atoms with van der Waals surface area (Å²) in [6.07, 6.45) is 2.85. The molecule has 0 saturated heterocycles. The molecule has 5 nitrogen and oxygen atoms in total. The van der Waals surface area contributed by atoms with Gasteiger partial charge in [-0.1, -0.05) is 43.1 Å². The summed E-state index contributed by atoms with van der Waals surface area (Å²) in [6, 6.07) is 10.9. The van der Waals surface area contributed by atoms with Gasteiger partial charge < -0.3 is 14.8 Å². The van der Waals surface area contributed by atoms with Gasteiger partial charge in [-0.3, -0.25) is 0 Å². The third-order valence-corrected chi connectivity index (χ3v) is 5.81. The Morgan fingerprint density at radius 3 is 2.74 bits per heavy atom. The summed E-state index contributed by atoms with van der Waals surface area (Å²) >= 11 is 7.74. The van der Waals surface area contributed by atoms with Crippen LogP contribution in [0.3, 0.4) is 0 Å². The van der Waals surface area contributed by atoms with Crippen LogP contribution < -0.4 is 0 Å². The van der Waals surface area contributed by atoms with Crippen LogP contribution in [0.2, 0.25) is 5.15 Å². The van der Waals surface area contributed by atoms with Gasteiger partial charge in [0.25, 0.3) is 0 Å². The highest BCUT2D eigenvalue weighted by Gasteiger charge is 2.17. The highest BCUT2D eigenvalue weighted by atomic mass is 35.5. The lowest BCUT2D eigenvalue weighted by atomic mass is 10.1. The van der Waals surface area contributed by atoms with Crippen LogP contribution in [0.5, 0.6) is 0 Å². The van der Waals surface area contributed by atoms with Crippen molar-refractivity contribution >= 4 is 28.9 Å².